The lowest BCUT2D eigenvalue weighted by Gasteiger charge is -2.29. The second kappa shape index (κ2) is 6.44. The van der Waals surface area contributed by atoms with E-state index in [0.29, 0.717) is 11.7 Å². The monoisotopic (exact) mass is 319 g/mol. The molecule has 1 amide bonds. The minimum atomic E-state index is -0.421. The Morgan fingerprint density at radius 2 is 2.13 bits per heavy atom. The molecule has 0 saturated heterocycles. The molecule has 124 valence electrons. The van der Waals surface area contributed by atoms with Crippen LogP contribution in [-0.2, 0) is 14.3 Å². The molecule has 7 heteroatoms. The van der Waals surface area contributed by atoms with Gasteiger partial charge in [-0.05, 0) is 43.7 Å². The van der Waals surface area contributed by atoms with Crippen LogP contribution in [0.15, 0.2) is 12.1 Å². The van der Waals surface area contributed by atoms with E-state index in [-0.39, 0.29) is 36.8 Å². The lowest BCUT2D eigenvalue weighted by Crippen LogP contribution is -2.43. The standard InChI is InChI=1S/C16H21N3O4/c1-10-2-4-11(5-3-10)23-15(21)8-19-14(20)9-22-12-6-7-13(17)18-16(12)19/h6-7,10-11H,2-5,8-9H2,1H3,(H2,17,18). The van der Waals surface area contributed by atoms with E-state index in [0.717, 1.165) is 25.7 Å². The van der Waals surface area contributed by atoms with Crippen molar-refractivity contribution in [3.8, 4) is 5.75 Å². The van der Waals surface area contributed by atoms with Crippen LogP contribution in [0, 0.1) is 5.92 Å². The number of aromatic nitrogens is 1. The molecule has 1 aromatic rings. The number of amides is 1. The first-order valence-electron chi connectivity index (χ1n) is 7.92. The molecule has 0 spiro atoms. The second-order valence-electron chi connectivity index (χ2n) is 6.20. The zero-order valence-electron chi connectivity index (χ0n) is 13.2. The van der Waals surface area contributed by atoms with Gasteiger partial charge >= 0.3 is 5.97 Å². The number of anilines is 2. The van der Waals surface area contributed by atoms with E-state index in [1.54, 1.807) is 12.1 Å². The molecule has 1 saturated carbocycles. The number of rotatable bonds is 3. The highest BCUT2D eigenvalue weighted by atomic mass is 16.5. The van der Waals surface area contributed by atoms with E-state index in [1.807, 2.05) is 0 Å². The van der Waals surface area contributed by atoms with Crippen LogP contribution in [0.2, 0.25) is 0 Å². The van der Waals surface area contributed by atoms with Gasteiger partial charge in [0.2, 0.25) is 0 Å². The van der Waals surface area contributed by atoms with E-state index < -0.39 is 5.97 Å². The van der Waals surface area contributed by atoms with Gasteiger partial charge in [-0.15, -0.1) is 0 Å². The third-order valence-electron chi connectivity index (χ3n) is 4.32. The van der Waals surface area contributed by atoms with Gasteiger partial charge in [-0.25, -0.2) is 4.98 Å². The highest BCUT2D eigenvalue weighted by Crippen LogP contribution is 2.31. The molecule has 1 aliphatic heterocycles. The smallest absolute Gasteiger partial charge is 0.326 e. The van der Waals surface area contributed by atoms with Gasteiger partial charge in [-0.3, -0.25) is 14.5 Å². The van der Waals surface area contributed by atoms with Gasteiger partial charge in [0.15, 0.2) is 18.2 Å². The number of fused-ring (bicyclic) bond motifs is 1. The molecule has 2 N–H and O–H groups in total. The normalized spacial score (nSPS) is 23.9. The van der Waals surface area contributed by atoms with Gasteiger partial charge < -0.3 is 15.2 Å². The van der Waals surface area contributed by atoms with Crippen LogP contribution < -0.4 is 15.4 Å². The van der Waals surface area contributed by atoms with Gasteiger partial charge in [0.05, 0.1) is 0 Å². The number of nitrogens with zero attached hydrogens (tertiary/aromatic N) is 2. The number of pyridine rings is 1. The van der Waals surface area contributed by atoms with E-state index in [2.05, 4.69) is 11.9 Å². The van der Waals surface area contributed by atoms with E-state index >= 15 is 0 Å². The van der Waals surface area contributed by atoms with Gasteiger partial charge in [0.1, 0.15) is 18.5 Å². The number of hydrogen-bond donors (Lipinski definition) is 1. The van der Waals surface area contributed by atoms with Crippen LogP contribution in [0.4, 0.5) is 11.6 Å². The van der Waals surface area contributed by atoms with Crippen LogP contribution in [0.1, 0.15) is 32.6 Å². The Morgan fingerprint density at radius 3 is 2.87 bits per heavy atom. The number of ether oxygens (including phenoxy) is 2. The van der Waals surface area contributed by atoms with Crippen molar-refractivity contribution in [1.82, 2.24) is 4.98 Å². The molecule has 0 bridgehead atoms. The Kier molecular flexibility index (Phi) is 4.36. The molecule has 0 unspecified atom stereocenters. The third kappa shape index (κ3) is 3.55. The molecule has 0 aromatic carbocycles. The molecule has 0 atom stereocenters. The highest BCUT2D eigenvalue weighted by Gasteiger charge is 2.30. The van der Waals surface area contributed by atoms with Gasteiger partial charge in [-0.1, -0.05) is 6.92 Å². The summed E-state index contributed by atoms with van der Waals surface area (Å²) in [5.41, 5.74) is 5.66. The molecular weight excluding hydrogens is 298 g/mol. The summed E-state index contributed by atoms with van der Waals surface area (Å²) in [5, 5.41) is 0. The Labute approximate surface area is 134 Å². The summed E-state index contributed by atoms with van der Waals surface area (Å²) in [6.07, 6.45) is 3.84. The fraction of sp³-hybridized carbons (Fsp3) is 0.562. The molecule has 1 aromatic heterocycles. The number of carbonyl (C=O) groups is 2. The van der Waals surface area contributed by atoms with Crippen LogP contribution in [0.5, 0.6) is 5.75 Å². The largest absolute Gasteiger partial charge is 0.480 e. The first-order chi connectivity index (χ1) is 11.0. The SMILES string of the molecule is CC1CCC(OC(=O)CN2C(=O)COc3ccc(N)nc32)CC1. The Balaban J connectivity index is 1.66. The van der Waals surface area contributed by atoms with Crippen LogP contribution >= 0.6 is 0 Å². The van der Waals surface area contributed by atoms with Gasteiger partial charge in [-0.2, -0.15) is 0 Å². The number of nitrogen functional groups attached to an aromatic ring is 1. The van der Waals surface area contributed by atoms with Crippen LogP contribution in [0.25, 0.3) is 0 Å². The molecule has 2 heterocycles. The maximum absolute atomic E-state index is 12.2. The molecule has 7 nitrogen and oxygen atoms in total. The topological polar surface area (TPSA) is 94.8 Å². The summed E-state index contributed by atoms with van der Waals surface area (Å²) in [5.74, 6) is 0.917. The summed E-state index contributed by atoms with van der Waals surface area (Å²) in [7, 11) is 0. The van der Waals surface area contributed by atoms with E-state index in [1.165, 1.54) is 4.90 Å². The fourth-order valence-electron chi connectivity index (χ4n) is 2.95. The van der Waals surface area contributed by atoms with Crippen molar-refractivity contribution in [1.29, 1.82) is 0 Å². The maximum Gasteiger partial charge on any atom is 0.326 e. The minimum absolute atomic E-state index is 0.0527. The van der Waals surface area contributed by atoms with Crippen molar-refractivity contribution in [3.05, 3.63) is 12.1 Å². The van der Waals surface area contributed by atoms with Crippen molar-refractivity contribution in [3.63, 3.8) is 0 Å². The predicted molar refractivity (Wildman–Crippen MR) is 84.0 cm³/mol. The first kappa shape index (κ1) is 15.6. The molecule has 2 aliphatic rings. The summed E-state index contributed by atoms with van der Waals surface area (Å²) in [6.45, 7) is 1.92. The molecule has 3 rings (SSSR count). The number of esters is 1. The van der Waals surface area contributed by atoms with Crippen LogP contribution in [0.3, 0.4) is 0 Å². The lowest BCUT2D eigenvalue weighted by molar-refractivity contribution is -0.150. The van der Waals surface area contributed by atoms with Crippen LogP contribution in [-0.4, -0.2) is 36.1 Å². The van der Waals surface area contributed by atoms with Crippen molar-refractivity contribution < 1.29 is 19.1 Å². The fourth-order valence-corrected chi connectivity index (χ4v) is 2.95. The Morgan fingerprint density at radius 1 is 1.39 bits per heavy atom. The number of nitrogens with two attached hydrogens (primary N) is 1. The Bertz CT molecular complexity index is 611. The van der Waals surface area contributed by atoms with Crippen molar-refractivity contribution in [2.24, 2.45) is 5.92 Å². The van der Waals surface area contributed by atoms with E-state index in [4.69, 9.17) is 15.2 Å². The lowest BCUT2D eigenvalue weighted by atomic mass is 9.89. The quantitative estimate of drug-likeness (QED) is 0.849. The van der Waals surface area contributed by atoms with Gasteiger partial charge in [0, 0.05) is 0 Å². The minimum Gasteiger partial charge on any atom is -0.480 e. The van der Waals surface area contributed by atoms with E-state index in [9.17, 15) is 9.59 Å². The second-order valence-corrected chi connectivity index (χ2v) is 6.20. The average Bonchev–Trinajstić information content (AvgIpc) is 2.52. The number of carbonyl (C=O) groups excluding carboxylic acids is 2. The summed E-state index contributed by atoms with van der Waals surface area (Å²) in [6, 6.07) is 3.24. The van der Waals surface area contributed by atoms with Crippen molar-refractivity contribution in [2.75, 3.05) is 23.8 Å². The maximum atomic E-state index is 12.2. The molecule has 1 fully saturated rings. The summed E-state index contributed by atoms with van der Waals surface area (Å²) in [4.78, 5) is 29.6. The first-order valence-corrected chi connectivity index (χ1v) is 7.92. The molecule has 23 heavy (non-hydrogen) atoms. The van der Waals surface area contributed by atoms with Crippen molar-refractivity contribution >= 4 is 23.5 Å². The zero-order chi connectivity index (χ0) is 16.4. The molecule has 1 aliphatic carbocycles. The highest BCUT2D eigenvalue weighted by molar-refractivity contribution is 6.00. The average molecular weight is 319 g/mol. The molecular formula is C16H21N3O4. The number of hydrogen-bond acceptors (Lipinski definition) is 6. The molecule has 0 radical (unpaired) electrons. The van der Waals surface area contributed by atoms with Gasteiger partial charge in [0.25, 0.3) is 5.91 Å². The summed E-state index contributed by atoms with van der Waals surface area (Å²) < 4.78 is 10.8. The predicted octanol–water partition coefficient (Wildman–Crippen LogP) is 1.51. The zero-order valence-corrected chi connectivity index (χ0v) is 13.2. The Hall–Kier alpha value is -2.31. The third-order valence-corrected chi connectivity index (χ3v) is 4.32. The summed E-state index contributed by atoms with van der Waals surface area (Å²) >= 11 is 0. The van der Waals surface area contributed by atoms with Crippen molar-refractivity contribution in [2.45, 2.75) is 38.7 Å².